The van der Waals surface area contributed by atoms with Crippen molar-refractivity contribution in [2.45, 2.75) is 20.8 Å². The Balaban J connectivity index is 2.62. The van der Waals surface area contributed by atoms with Crippen LogP contribution in [0.3, 0.4) is 0 Å². The number of pyridine rings is 1. The Hall–Kier alpha value is -2.17. The van der Waals surface area contributed by atoms with Crippen LogP contribution >= 0.6 is 0 Å². The first-order chi connectivity index (χ1) is 9.06. The van der Waals surface area contributed by atoms with Gasteiger partial charge in [0.2, 0.25) is 0 Å². The standard InChI is InChI=1S/C14H17N3O2/c1-5-19-14(18)13-12(10(3)17(4)16-13)11-6-7-15-8-9(11)2/h6-8H,5H2,1-4H3. The molecule has 2 aromatic rings. The third-order valence-electron chi connectivity index (χ3n) is 3.09. The van der Waals surface area contributed by atoms with Gasteiger partial charge in [0.15, 0.2) is 5.69 Å². The van der Waals surface area contributed by atoms with E-state index in [-0.39, 0.29) is 0 Å². The molecule has 0 aliphatic carbocycles. The normalized spacial score (nSPS) is 10.5. The molecule has 0 aliphatic heterocycles. The highest BCUT2D eigenvalue weighted by atomic mass is 16.5. The van der Waals surface area contributed by atoms with Crippen molar-refractivity contribution in [2.24, 2.45) is 7.05 Å². The fraction of sp³-hybridized carbons (Fsp3) is 0.357. The van der Waals surface area contributed by atoms with E-state index in [4.69, 9.17) is 4.74 Å². The Bertz CT molecular complexity index is 617. The summed E-state index contributed by atoms with van der Waals surface area (Å²) in [6.07, 6.45) is 3.49. The van der Waals surface area contributed by atoms with Gasteiger partial charge in [0.1, 0.15) is 0 Å². The molecule has 0 unspecified atom stereocenters. The molecule has 0 saturated heterocycles. The van der Waals surface area contributed by atoms with E-state index in [1.54, 1.807) is 24.0 Å². The fourth-order valence-electron chi connectivity index (χ4n) is 2.03. The van der Waals surface area contributed by atoms with E-state index >= 15 is 0 Å². The SMILES string of the molecule is CCOC(=O)c1nn(C)c(C)c1-c1ccncc1C. The molecule has 0 N–H and O–H groups in total. The van der Waals surface area contributed by atoms with Crippen LogP contribution in [-0.2, 0) is 11.8 Å². The van der Waals surface area contributed by atoms with Crippen LogP contribution in [0.1, 0.15) is 28.7 Å². The minimum absolute atomic E-state index is 0.337. The van der Waals surface area contributed by atoms with Gasteiger partial charge in [-0.15, -0.1) is 0 Å². The van der Waals surface area contributed by atoms with Crippen molar-refractivity contribution in [3.63, 3.8) is 0 Å². The zero-order valence-corrected chi connectivity index (χ0v) is 11.6. The lowest BCUT2D eigenvalue weighted by atomic mass is 10.0. The summed E-state index contributed by atoms with van der Waals surface area (Å²) in [6, 6.07) is 1.89. The van der Waals surface area contributed by atoms with E-state index < -0.39 is 5.97 Å². The van der Waals surface area contributed by atoms with E-state index in [0.717, 1.165) is 22.4 Å². The first-order valence-corrected chi connectivity index (χ1v) is 6.18. The van der Waals surface area contributed by atoms with E-state index in [1.165, 1.54) is 0 Å². The molecule has 2 aromatic heterocycles. The van der Waals surface area contributed by atoms with Crippen LogP contribution in [0.25, 0.3) is 11.1 Å². The molecule has 100 valence electrons. The van der Waals surface area contributed by atoms with Crippen molar-refractivity contribution >= 4 is 5.97 Å². The third kappa shape index (κ3) is 2.36. The summed E-state index contributed by atoms with van der Waals surface area (Å²) in [5.41, 5.74) is 4.07. The van der Waals surface area contributed by atoms with Crippen LogP contribution in [-0.4, -0.2) is 27.3 Å². The van der Waals surface area contributed by atoms with E-state index in [0.29, 0.717) is 12.3 Å². The molecular weight excluding hydrogens is 242 g/mol. The van der Waals surface area contributed by atoms with Crippen LogP contribution in [0.4, 0.5) is 0 Å². The molecule has 0 amide bonds. The third-order valence-corrected chi connectivity index (χ3v) is 3.09. The lowest BCUT2D eigenvalue weighted by Gasteiger charge is -2.06. The smallest absolute Gasteiger partial charge is 0.359 e. The molecule has 5 heteroatoms. The number of esters is 1. The summed E-state index contributed by atoms with van der Waals surface area (Å²) >= 11 is 0. The van der Waals surface area contributed by atoms with Crippen LogP contribution in [0.15, 0.2) is 18.5 Å². The number of hydrogen-bond acceptors (Lipinski definition) is 4. The average molecular weight is 259 g/mol. The molecule has 0 atom stereocenters. The molecule has 2 rings (SSSR count). The Kier molecular flexibility index (Phi) is 3.64. The summed E-state index contributed by atoms with van der Waals surface area (Å²) in [6.45, 7) is 6.02. The predicted molar refractivity (Wildman–Crippen MR) is 71.9 cm³/mol. The highest BCUT2D eigenvalue weighted by Gasteiger charge is 2.22. The predicted octanol–water partition coefficient (Wildman–Crippen LogP) is 2.28. The molecule has 5 nitrogen and oxygen atoms in total. The first-order valence-electron chi connectivity index (χ1n) is 6.18. The molecule has 2 heterocycles. The largest absolute Gasteiger partial charge is 0.461 e. The zero-order valence-electron chi connectivity index (χ0n) is 11.6. The number of hydrogen-bond donors (Lipinski definition) is 0. The van der Waals surface area contributed by atoms with Crippen molar-refractivity contribution in [1.82, 2.24) is 14.8 Å². The molecule has 0 aromatic carbocycles. The highest BCUT2D eigenvalue weighted by Crippen LogP contribution is 2.29. The summed E-state index contributed by atoms with van der Waals surface area (Å²) in [7, 11) is 1.82. The van der Waals surface area contributed by atoms with Gasteiger partial charge >= 0.3 is 5.97 Å². The van der Waals surface area contributed by atoms with Gasteiger partial charge in [-0.3, -0.25) is 9.67 Å². The molecule has 0 radical (unpaired) electrons. The van der Waals surface area contributed by atoms with Gasteiger partial charge in [-0.05, 0) is 38.0 Å². The fourth-order valence-corrected chi connectivity index (χ4v) is 2.03. The van der Waals surface area contributed by atoms with Gasteiger partial charge < -0.3 is 4.74 Å². The average Bonchev–Trinajstić information content (AvgIpc) is 2.67. The van der Waals surface area contributed by atoms with Crippen molar-refractivity contribution in [1.29, 1.82) is 0 Å². The lowest BCUT2D eigenvalue weighted by Crippen LogP contribution is -2.07. The Morgan fingerprint density at radius 2 is 2.16 bits per heavy atom. The number of nitrogens with zero attached hydrogens (tertiary/aromatic N) is 3. The highest BCUT2D eigenvalue weighted by molar-refractivity contribution is 5.96. The zero-order chi connectivity index (χ0) is 14.0. The van der Waals surface area contributed by atoms with Crippen LogP contribution in [0, 0.1) is 13.8 Å². The molecular formula is C14H17N3O2. The van der Waals surface area contributed by atoms with E-state index in [9.17, 15) is 4.79 Å². The van der Waals surface area contributed by atoms with Gasteiger partial charge in [-0.25, -0.2) is 4.79 Å². The minimum atomic E-state index is -0.391. The molecule has 0 aliphatic rings. The maximum atomic E-state index is 12.0. The number of rotatable bonds is 3. The summed E-state index contributed by atoms with van der Waals surface area (Å²) in [5.74, 6) is -0.391. The summed E-state index contributed by atoms with van der Waals surface area (Å²) in [4.78, 5) is 16.1. The quantitative estimate of drug-likeness (QED) is 0.793. The monoisotopic (exact) mass is 259 g/mol. The van der Waals surface area contributed by atoms with Crippen molar-refractivity contribution in [2.75, 3.05) is 6.61 Å². The minimum Gasteiger partial charge on any atom is -0.461 e. The van der Waals surface area contributed by atoms with Crippen molar-refractivity contribution < 1.29 is 9.53 Å². The number of aryl methyl sites for hydroxylation is 2. The van der Waals surface area contributed by atoms with Crippen LogP contribution in [0.2, 0.25) is 0 Å². The number of carbonyl (C=O) groups is 1. The second kappa shape index (κ2) is 5.22. The maximum absolute atomic E-state index is 12.0. The van der Waals surface area contributed by atoms with Crippen LogP contribution in [0.5, 0.6) is 0 Å². The Morgan fingerprint density at radius 1 is 1.42 bits per heavy atom. The van der Waals surface area contributed by atoms with Gasteiger partial charge in [-0.2, -0.15) is 5.10 Å². The van der Waals surface area contributed by atoms with Gasteiger partial charge in [-0.1, -0.05) is 0 Å². The molecule has 0 bridgehead atoms. The second-order valence-corrected chi connectivity index (χ2v) is 4.34. The van der Waals surface area contributed by atoms with Crippen molar-refractivity contribution in [3.05, 3.63) is 35.4 Å². The van der Waals surface area contributed by atoms with E-state index in [2.05, 4.69) is 10.1 Å². The number of aromatic nitrogens is 3. The Labute approximate surface area is 112 Å². The second-order valence-electron chi connectivity index (χ2n) is 4.34. The van der Waals surface area contributed by atoms with Gasteiger partial charge in [0, 0.05) is 30.7 Å². The lowest BCUT2D eigenvalue weighted by molar-refractivity contribution is 0.0519. The molecule has 0 spiro atoms. The number of ether oxygens (including phenoxy) is 1. The summed E-state index contributed by atoms with van der Waals surface area (Å²) in [5, 5.41) is 4.27. The first kappa shape index (κ1) is 13.3. The maximum Gasteiger partial charge on any atom is 0.359 e. The molecule has 0 saturated carbocycles. The number of carbonyl (C=O) groups excluding carboxylic acids is 1. The van der Waals surface area contributed by atoms with Gasteiger partial charge in [0.05, 0.1) is 6.61 Å². The van der Waals surface area contributed by atoms with Crippen LogP contribution < -0.4 is 0 Å². The summed E-state index contributed by atoms with van der Waals surface area (Å²) < 4.78 is 6.76. The topological polar surface area (TPSA) is 57.0 Å². The molecule has 0 fully saturated rings. The Morgan fingerprint density at radius 3 is 2.79 bits per heavy atom. The molecule has 19 heavy (non-hydrogen) atoms. The van der Waals surface area contributed by atoms with E-state index in [1.807, 2.05) is 27.0 Å². The van der Waals surface area contributed by atoms with Gasteiger partial charge in [0.25, 0.3) is 0 Å². The van der Waals surface area contributed by atoms with Crippen molar-refractivity contribution in [3.8, 4) is 11.1 Å².